The summed E-state index contributed by atoms with van der Waals surface area (Å²) in [7, 11) is 0. The van der Waals surface area contributed by atoms with Gasteiger partial charge in [-0.25, -0.2) is 0 Å². The summed E-state index contributed by atoms with van der Waals surface area (Å²) in [4.78, 5) is 11.3. The molecule has 2 atom stereocenters. The molecule has 3 heteroatoms. The van der Waals surface area contributed by atoms with Crippen LogP contribution in [0.3, 0.4) is 0 Å². The van der Waals surface area contributed by atoms with Gasteiger partial charge in [0.2, 0.25) is 0 Å². The summed E-state index contributed by atoms with van der Waals surface area (Å²) in [5.74, 6) is -0.135. The summed E-state index contributed by atoms with van der Waals surface area (Å²) in [5.41, 5.74) is 3.96. The summed E-state index contributed by atoms with van der Waals surface area (Å²) in [6.45, 7) is 10.3. The van der Waals surface area contributed by atoms with Gasteiger partial charge in [-0.15, -0.1) is 0 Å². The van der Waals surface area contributed by atoms with Crippen LogP contribution in [-0.4, -0.2) is 18.1 Å². The summed E-state index contributed by atoms with van der Waals surface area (Å²) >= 11 is 0. The molecule has 0 aromatic heterocycles. The summed E-state index contributed by atoms with van der Waals surface area (Å²) in [6.07, 6.45) is 1.31. The molecule has 0 heterocycles. The predicted molar refractivity (Wildman–Crippen MR) is 56.6 cm³/mol. The SMILES string of the molecule is CC([NH3+])CC(=O)OC(C)CC(C)(C)C. The molecule has 0 aromatic carbocycles. The minimum Gasteiger partial charge on any atom is -0.462 e. The van der Waals surface area contributed by atoms with E-state index >= 15 is 0 Å². The van der Waals surface area contributed by atoms with Crippen molar-refractivity contribution in [1.29, 1.82) is 0 Å². The first-order valence-electron chi connectivity index (χ1n) is 5.23. The number of esters is 1. The van der Waals surface area contributed by atoms with E-state index in [1.807, 2.05) is 13.8 Å². The second-order valence-electron chi connectivity index (χ2n) is 5.37. The smallest absolute Gasteiger partial charge is 0.312 e. The van der Waals surface area contributed by atoms with Crippen molar-refractivity contribution in [3.8, 4) is 0 Å². The third kappa shape index (κ3) is 8.05. The van der Waals surface area contributed by atoms with E-state index in [0.29, 0.717) is 6.42 Å². The van der Waals surface area contributed by atoms with Crippen molar-refractivity contribution in [1.82, 2.24) is 0 Å². The molecule has 0 spiro atoms. The molecular weight excluding hydrogens is 178 g/mol. The first-order valence-corrected chi connectivity index (χ1v) is 5.23. The number of quaternary nitrogens is 1. The lowest BCUT2D eigenvalue weighted by Gasteiger charge is -2.23. The van der Waals surface area contributed by atoms with Crippen LogP contribution in [0.4, 0.5) is 0 Å². The van der Waals surface area contributed by atoms with Gasteiger partial charge in [0.1, 0.15) is 0 Å². The molecule has 0 bridgehead atoms. The van der Waals surface area contributed by atoms with Crippen molar-refractivity contribution in [2.75, 3.05) is 0 Å². The van der Waals surface area contributed by atoms with Gasteiger partial charge in [-0.2, -0.15) is 0 Å². The molecule has 0 aliphatic rings. The molecule has 0 saturated carbocycles. The van der Waals surface area contributed by atoms with Crippen molar-refractivity contribution in [2.24, 2.45) is 5.41 Å². The number of rotatable bonds is 4. The van der Waals surface area contributed by atoms with E-state index in [1.54, 1.807) is 0 Å². The van der Waals surface area contributed by atoms with E-state index < -0.39 is 0 Å². The van der Waals surface area contributed by atoms with E-state index in [-0.39, 0.29) is 23.5 Å². The van der Waals surface area contributed by atoms with Crippen LogP contribution in [0.15, 0.2) is 0 Å². The van der Waals surface area contributed by atoms with Crippen LogP contribution in [0.5, 0.6) is 0 Å². The summed E-state index contributed by atoms with van der Waals surface area (Å²) in [5, 5.41) is 0. The Hall–Kier alpha value is -0.570. The Labute approximate surface area is 87.0 Å². The first kappa shape index (κ1) is 13.4. The van der Waals surface area contributed by atoms with Crippen LogP contribution in [0.1, 0.15) is 47.5 Å². The monoisotopic (exact) mass is 202 g/mol. The second-order valence-corrected chi connectivity index (χ2v) is 5.37. The van der Waals surface area contributed by atoms with Crippen LogP contribution < -0.4 is 5.73 Å². The largest absolute Gasteiger partial charge is 0.462 e. The molecule has 0 fully saturated rings. The quantitative estimate of drug-likeness (QED) is 0.700. The van der Waals surface area contributed by atoms with Gasteiger partial charge in [0.25, 0.3) is 0 Å². The van der Waals surface area contributed by atoms with Crippen LogP contribution in [0.2, 0.25) is 0 Å². The highest BCUT2D eigenvalue weighted by Crippen LogP contribution is 2.22. The highest BCUT2D eigenvalue weighted by Gasteiger charge is 2.19. The normalized spacial score (nSPS) is 16.1. The van der Waals surface area contributed by atoms with Crippen LogP contribution in [0, 0.1) is 5.41 Å². The van der Waals surface area contributed by atoms with E-state index in [2.05, 4.69) is 26.5 Å². The van der Waals surface area contributed by atoms with Crippen molar-refractivity contribution >= 4 is 5.97 Å². The average Bonchev–Trinajstić information content (AvgIpc) is 1.77. The molecule has 14 heavy (non-hydrogen) atoms. The summed E-state index contributed by atoms with van der Waals surface area (Å²) in [6, 6.07) is 0.129. The fourth-order valence-corrected chi connectivity index (χ4v) is 1.46. The highest BCUT2D eigenvalue weighted by molar-refractivity contribution is 5.69. The molecule has 0 aliphatic carbocycles. The fraction of sp³-hybridized carbons (Fsp3) is 0.909. The summed E-state index contributed by atoms with van der Waals surface area (Å²) < 4.78 is 5.26. The van der Waals surface area contributed by atoms with Gasteiger partial charge in [0.15, 0.2) is 0 Å². The van der Waals surface area contributed by atoms with Gasteiger partial charge in [-0.1, -0.05) is 20.8 Å². The van der Waals surface area contributed by atoms with Crippen molar-refractivity contribution in [3.05, 3.63) is 0 Å². The zero-order valence-electron chi connectivity index (χ0n) is 10.1. The number of hydrogen-bond acceptors (Lipinski definition) is 2. The maximum absolute atomic E-state index is 11.3. The Morgan fingerprint density at radius 1 is 1.36 bits per heavy atom. The van der Waals surface area contributed by atoms with Gasteiger partial charge in [-0.05, 0) is 25.7 Å². The number of carbonyl (C=O) groups is 1. The molecular formula is C11H24NO2+. The maximum atomic E-state index is 11.3. The molecule has 0 aromatic rings. The minimum atomic E-state index is -0.135. The maximum Gasteiger partial charge on any atom is 0.312 e. The topological polar surface area (TPSA) is 53.9 Å². The number of ether oxygens (including phenoxy) is 1. The van der Waals surface area contributed by atoms with Crippen LogP contribution >= 0.6 is 0 Å². The molecule has 0 saturated heterocycles. The third-order valence-electron chi connectivity index (χ3n) is 1.75. The Bertz CT molecular complexity index is 182. The molecule has 0 amide bonds. The van der Waals surface area contributed by atoms with Crippen molar-refractivity contribution < 1.29 is 15.3 Å². The number of carbonyl (C=O) groups excluding carboxylic acids is 1. The third-order valence-corrected chi connectivity index (χ3v) is 1.75. The lowest BCUT2D eigenvalue weighted by Crippen LogP contribution is -2.59. The highest BCUT2D eigenvalue weighted by atomic mass is 16.5. The zero-order chi connectivity index (χ0) is 11.4. The lowest BCUT2D eigenvalue weighted by molar-refractivity contribution is -0.413. The standard InChI is InChI=1S/C11H23NO2/c1-8(12)6-10(13)14-9(2)7-11(3,4)5/h8-9H,6-7,12H2,1-5H3/p+1. The number of hydrogen-bond donors (Lipinski definition) is 1. The molecule has 0 aliphatic heterocycles. The first-order chi connectivity index (χ1) is 6.20. The molecule has 2 unspecified atom stereocenters. The van der Waals surface area contributed by atoms with Gasteiger partial charge < -0.3 is 10.5 Å². The van der Waals surface area contributed by atoms with Crippen LogP contribution in [-0.2, 0) is 9.53 Å². The van der Waals surface area contributed by atoms with Crippen molar-refractivity contribution in [2.45, 2.75) is 59.6 Å². The van der Waals surface area contributed by atoms with E-state index in [4.69, 9.17) is 4.74 Å². The van der Waals surface area contributed by atoms with Gasteiger partial charge in [0, 0.05) is 0 Å². The molecule has 3 N–H and O–H groups in total. The van der Waals surface area contributed by atoms with Crippen molar-refractivity contribution in [3.63, 3.8) is 0 Å². The molecule has 3 nitrogen and oxygen atoms in total. The van der Waals surface area contributed by atoms with Gasteiger partial charge >= 0.3 is 5.97 Å². The molecule has 84 valence electrons. The van der Waals surface area contributed by atoms with Gasteiger partial charge in [-0.3, -0.25) is 4.79 Å². The Morgan fingerprint density at radius 2 is 1.86 bits per heavy atom. The van der Waals surface area contributed by atoms with E-state index in [0.717, 1.165) is 6.42 Å². The predicted octanol–water partition coefficient (Wildman–Crippen LogP) is 1.37. The minimum absolute atomic E-state index is 0.00116. The fourth-order valence-electron chi connectivity index (χ4n) is 1.46. The zero-order valence-corrected chi connectivity index (χ0v) is 10.1. The molecule has 0 radical (unpaired) electrons. The second kappa shape index (κ2) is 5.35. The Kier molecular flexibility index (Phi) is 5.13. The van der Waals surface area contributed by atoms with Gasteiger partial charge in [0.05, 0.1) is 18.6 Å². The average molecular weight is 202 g/mol. The van der Waals surface area contributed by atoms with Crippen LogP contribution in [0.25, 0.3) is 0 Å². The Morgan fingerprint density at radius 3 is 2.21 bits per heavy atom. The van der Waals surface area contributed by atoms with E-state index in [1.165, 1.54) is 0 Å². The Balaban J connectivity index is 3.83. The molecule has 0 rings (SSSR count). The lowest BCUT2D eigenvalue weighted by atomic mass is 9.90. The van der Waals surface area contributed by atoms with E-state index in [9.17, 15) is 4.79 Å².